The van der Waals surface area contributed by atoms with Crippen molar-refractivity contribution < 1.29 is 23.2 Å². The Morgan fingerprint density at radius 1 is 1.04 bits per heavy atom. The number of rotatable bonds is 5. The van der Waals surface area contributed by atoms with E-state index in [9.17, 15) is 18.4 Å². The van der Waals surface area contributed by atoms with E-state index in [1.165, 1.54) is 0 Å². The number of halogens is 2. The third-order valence-electron chi connectivity index (χ3n) is 3.38. The van der Waals surface area contributed by atoms with Crippen LogP contribution in [0.15, 0.2) is 47.6 Å². The molecule has 0 aliphatic carbocycles. The van der Waals surface area contributed by atoms with Gasteiger partial charge in [-0.25, -0.2) is 13.6 Å². The van der Waals surface area contributed by atoms with E-state index in [0.29, 0.717) is 11.4 Å². The van der Waals surface area contributed by atoms with E-state index < -0.39 is 29.1 Å². The van der Waals surface area contributed by atoms with Gasteiger partial charge in [-0.05, 0) is 50.6 Å². The fraction of sp³-hybridized carbons (Fsp3) is 0.211. The van der Waals surface area contributed by atoms with Crippen LogP contribution < -0.4 is 10.6 Å². The number of anilines is 1. The molecular weight excluding hydrogens is 356 g/mol. The SMILES string of the molecule is C/C(=N\OC(C)C)c1ccc(NC(=O)NC(=O)c2c(F)cccc2F)cc1. The number of benzene rings is 2. The van der Waals surface area contributed by atoms with Crippen LogP contribution in [0.4, 0.5) is 19.3 Å². The molecule has 8 heteroatoms. The molecule has 0 bridgehead atoms. The number of hydrogen-bond donors (Lipinski definition) is 2. The zero-order chi connectivity index (χ0) is 20.0. The Balaban J connectivity index is 2.00. The van der Waals surface area contributed by atoms with Crippen molar-refractivity contribution in [3.63, 3.8) is 0 Å². The van der Waals surface area contributed by atoms with Crippen molar-refractivity contribution in [1.29, 1.82) is 0 Å². The second-order valence-electron chi connectivity index (χ2n) is 5.91. The van der Waals surface area contributed by atoms with Gasteiger partial charge in [0.05, 0.1) is 5.71 Å². The number of nitrogens with zero attached hydrogens (tertiary/aromatic N) is 1. The van der Waals surface area contributed by atoms with Gasteiger partial charge in [0.1, 0.15) is 23.3 Å². The number of oxime groups is 1. The van der Waals surface area contributed by atoms with Crippen LogP contribution >= 0.6 is 0 Å². The Labute approximate surface area is 155 Å². The Kier molecular flexibility index (Phi) is 6.59. The van der Waals surface area contributed by atoms with Gasteiger partial charge >= 0.3 is 6.03 Å². The molecule has 3 amide bonds. The van der Waals surface area contributed by atoms with Crippen LogP contribution in [0.25, 0.3) is 0 Å². The molecule has 0 aliphatic rings. The van der Waals surface area contributed by atoms with Gasteiger partial charge in [0, 0.05) is 5.69 Å². The van der Waals surface area contributed by atoms with E-state index in [0.717, 1.165) is 23.8 Å². The van der Waals surface area contributed by atoms with Crippen LogP contribution in [-0.2, 0) is 4.84 Å². The molecule has 142 valence electrons. The van der Waals surface area contributed by atoms with Crippen molar-refractivity contribution in [1.82, 2.24) is 5.32 Å². The van der Waals surface area contributed by atoms with Crippen LogP contribution in [-0.4, -0.2) is 23.8 Å². The van der Waals surface area contributed by atoms with Crippen LogP contribution in [0, 0.1) is 11.6 Å². The van der Waals surface area contributed by atoms with Crippen LogP contribution in [0.2, 0.25) is 0 Å². The highest BCUT2D eigenvalue weighted by molar-refractivity contribution is 6.08. The molecule has 0 radical (unpaired) electrons. The minimum atomic E-state index is -1.17. The number of carbonyl (C=O) groups excluding carboxylic acids is 2. The predicted molar refractivity (Wildman–Crippen MR) is 97.7 cm³/mol. The van der Waals surface area contributed by atoms with E-state index in [1.807, 2.05) is 19.2 Å². The second-order valence-corrected chi connectivity index (χ2v) is 5.91. The fourth-order valence-electron chi connectivity index (χ4n) is 2.07. The van der Waals surface area contributed by atoms with E-state index in [4.69, 9.17) is 4.84 Å². The van der Waals surface area contributed by atoms with Gasteiger partial charge in [-0.3, -0.25) is 10.1 Å². The minimum absolute atomic E-state index is 0.0404. The molecule has 0 aliphatic heterocycles. The fourth-order valence-corrected chi connectivity index (χ4v) is 2.07. The first kappa shape index (κ1) is 20.0. The molecule has 0 saturated carbocycles. The highest BCUT2D eigenvalue weighted by Crippen LogP contribution is 2.13. The predicted octanol–water partition coefficient (Wildman–Crippen LogP) is 4.08. The monoisotopic (exact) mass is 375 g/mol. The number of carbonyl (C=O) groups is 2. The molecule has 0 saturated heterocycles. The third-order valence-corrected chi connectivity index (χ3v) is 3.38. The van der Waals surface area contributed by atoms with Gasteiger partial charge < -0.3 is 10.2 Å². The number of nitrogens with one attached hydrogen (secondary N) is 2. The molecule has 0 heterocycles. The first-order valence-electron chi connectivity index (χ1n) is 8.15. The first-order valence-corrected chi connectivity index (χ1v) is 8.15. The van der Waals surface area contributed by atoms with Gasteiger partial charge in [-0.15, -0.1) is 0 Å². The van der Waals surface area contributed by atoms with Crippen LogP contribution in [0.1, 0.15) is 36.7 Å². The van der Waals surface area contributed by atoms with Gasteiger partial charge in [0.15, 0.2) is 0 Å². The highest BCUT2D eigenvalue weighted by atomic mass is 19.1. The number of urea groups is 1. The molecule has 2 rings (SSSR count). The Morgan fingerprint density at radius 2 is 1.63 bits per heavy atom. The van der Waals surface area contributed by atoms with E-state index in [-0.39, 0.29) is 6.10 Å². The lowest BCUT2D eigenvalue weighted by atomic mass is 10.1. The quantitative estimate of drug-likeness (QED) is 0.611. The van der Waals surface area contributed by atoms with E-state index in [1.54, 1.807) is 31.2 Å². The van der Waals surface area contributed by atoms with Crippen molar-refractivity contribution in [2.75, 3.05) is 5.32 Å². The van der Waals surface area contributed by atoms with Gasteiger partial charge in [0.2, 0.25) is 0 Å². The Bertz CT molecular complexity index is 845. The van der Waals surface area contributed by atoms with Crippen molar-refractivity contribution in [3.8, 4) is 0 Å². The molecule has 2 aromatic carbocycles. The summed E-state index contributed by atoms with van der Waals surface area (Å²) in [6.45, 7) is 5.49. The molecule has 2 aromatic rings. The topological polar surface area (TPSA) is 79.8 Å². The van der Waals surface area contributed by atoms with Crippen molar-refractivity contribution in [3.05, 3.63) is 65.2 Å². The first-order chi connectivity index (χ1) is 12.8. The second kappa shape index (κ2) is 8.88. The lowest BCUT2D eigenvalue weighted by Crippen LogP contribution is -2.35. The molecule has 0 spiro atoms. The summed E-state index contributed by atoms with van der Waals surface area (Å²) in [5.74, 6) is -3.28. The molecule has 0 unspecified atom stereocenters. The summed E-state index contributed by atoms with van der Waals surface area (Å²) in [6, 6.07) is 8.68. The summed E-state index contributed by atoms with van der Waals surface area (Å²) >= 11 is 0. The molecule has 0 atom stereocenters. The maximum atomic E-state index is 13.6. The van der Waals surface area contributed by atoms with Gasteiger partial charge in [-0.2, -0.15) is 0 Å². The van der Waals surface area contributed by atoms with Gasteiger partial charge in [0.25, 0.3) is 5.91 Å². The molecule has 0 aromatic heterocycles. The summed E-state index contributed by atoms with van der Waals surface area (Å²) < 4.78 is 27.1. The molecule has 0 fully saturated rings. The Hall–Kier alpha value is -3.29. The van der Waals surface area contributed by atoms with Crippen molar-refractivity contribution >= 4 is 23.3 Å². The number of amides is 3. The van der Waals surface area contributed by atoms with E-state index in [2.05, 4.69) is 10.5 Å². The summed E-state index contributed by atoms with van der Waals surface area (Å²) in [6.07, 6.45) is -0.0404. The molecule has 6 nitrogen and oxygen atoms in total. The minimum Gasteiger partial charge on any atom is -0.393 e. The maximum absolute atomic E-state index is 13.6. The number of imide groups is 1. The smallest absolute Gasteiger partial charge is 0.326 e. The molecule has 2 N–H and O–H groups in total. The summed E-state index contributed by atoms with van der Waals surface area (Å²) in [5.41, 5.74) is 1.01. The highest BCUT2D eigenvalue weighted by Gasteiger charge is 2.19. The van der Waals surface area contributed by atoms with Crippen LogP contribution in [0.3, 0.4) is 0 Å². The van der Waals surface area contributed by atoms with Gasteiger partial charge in [-0.1, -0.05) is 23.4 Å². The largest absolute Gasteiger partial charge is 0.393 e. The average Bonchev–Trinajstić information content (AvgIpc) is 2.60. The van der Waals surface area contributed by atoms with E-state index >= 15 is 0 Å². The lowest BCUT2D eigenvalue weighted by molar-refractivity contribution is 0.0860. The van der Waals surface area contributed by atoms with Crippen LogP contribution in [0.5, 0.6) is 0 Å². The maximum Gasteiger partial charge on any atom is 0.326 e. The standard InChI is InChI=1S/C19H19F2N3O3/c1-11(2)27-24-12(3)13-7-9-14(10-8-13)22-19(26)23-18(25)17-15(20)5-4-6-16(17)21/h4-11H,1-3H3,(H2,22,23,25,26)/b24-12+. The summed E-state index contributed by atoms with van der Waals surface area (Å²) in [7, 11) is 0. The Morgan fingerprint density at radius 3 is 2.19 bits per heavy atom. The zero-order valence-electron chi connectivity index (χ0n) is 15.0. The zero-order valence-corrected chi connectivity index (χ0v) is 15.0. The molecule has 27 heavy (non-hydrogen) atoms. The summed E-state index contributed by atoms with van der Waals surface area (Å²) in [5, 5.41) is 8.27. The lowest BCUT2D eigenvalue weighted by Gasteiger charge is -2.09. The normalized spacial score (nSPS) is 11.3. The molecular formula is C19H19F2N3O3. The van der Waals surface area contributed by atoms with Crippen molar-refractivity contribution in [2.45, 2.75) is 26.9 Å². The van der Waals surface area contributed by atoms with Crippen molar-refractivity contribution in [2.24, 2.45) is 5.16 Å². The summed E-state index contributed by atoms with van der Waals surface area (Å²) in [4.78, 5) is 28.9. The third kappa shape index (κ3) is 5.60. The number of hydrogen-bond acceptors (Lipinski definition) is 4. The average molecular weight is 375 g/mol.